The summed E-state index contributed by atoms with van der Waals surface area (Å²) in [4.78, 5) is 44.1. The highest BCUT2D eigenvalue weighted by molar-refractivity contribution is 7.10. The van der Waals surface area contributed by atoms with Gasteiger partial charge in [0, 0.05) is 34.2 Å². The maximum atomic E-state index is 13.9. The first-order valence-corrected chi connectivity index (χ1v) is 14.3. The van der Waals surface area contributed by atoms with E-state index in [4.69, 9.17) is 14.1 Å². The zero-order chi connectivity index (χ0) is 28.5. The zero-order valence-corrected chi connectivity index (χ0v) is 23.2. The molecule has 204 valence electrons. The van der Waals surface area contributed by atoms with Gasteiger partial charge in [0.2, 0.25) is 0 Å². The third-order valence-corrected chi connectivity index (χ3v) is 8.34. The van der Waals surface area contributed by atoms with Crippen LogP contribution in [0.2, 0.25) is 0 Å². The molecule has 0 aliphatic carbocycles. The highest BCUT2D eigenvalue weighted by Crippen LogP contribution is 2.37. The average Bonchev–Trinajstić information content (AvgIpc) is 3.75. The molecule has 2 aromatic carbocycles. The highest BCUT2D eigenvalue weighted by Gasteiger charge is 2.35. The number of rotatable bonds is 7. The van der Waals surface area contributed by atoms with E-state index < -0.39 is 16.9 Å². The summed E-state index contributed by atoms with van der Waals surface area (Å²) in [6, 6.07) is 21.9. The molecule has 0 spiro atoms. The van der Waals surface area contributed by atoms with Gasteiger partial charge in [-0.25, -0.2) is 9.79 Å². The minimum Gasteiger partial charge on any atom is -0.463 e. The second-order valence-corrected chi connectivity index (χ2v) is 10.9. The van der Waals surface area contributed by atoms with Crippen LogP contribution in [-0.2, 0) is 9.53 Å². The largest absolute Gasteiger partial charge is 0.463 e. The maximum Gasteiger partial charge on any atom is 0.338 e. The molecule has 0 unspecified atom stereocenters. The van der Waals surface area contributed by atoms with E-state index in [9.17, 15) is 19.7 Å². The number of nitro groups is 1. The van der Waals surface area contributed by atoms with Gasteiger partial charge in [0.25, 0.3) is 11.2 Å². The number of hydrogen-bond donors (Lipinski definition) is 0. The average molecular weight is 584 g/mol. The predicted octanol–water partition coefficient (Wildman–Crippen LogP) is 5.17. The molecule has 9 nitrogen and oxygen atoms in total. The lowest BCUT2D eigenvalue weighted by Crippen LogP contribution is -2.39. The van der Waals surface area contributed by atoms with Gasteiger partial charge in [-0.15, -0.1) is 11.3 Å². The van der Waals surface area contributed by atoms with E-state index in [-0.39, 0.29) is 17.9 Å². The normalized spacial score (nSPS) is 15.0. The van der Waals surface area contributed by atoms with E-state index in [0.29, 0.717) is 37.7 Å². The Kier molecular flexibility index (Phi) is 7.04. The van der Waals surface area contributed by atoms with Crippen molar-refractivity contribution in [3.63, 3.8) is 0 Å². The minimum absolute atomic E-state index is 0.0473. The fraction of sp³-hybridized carbons (Fsp3) is 0.100. The van der Waals surface area contributed by atoms with Crippen molar-refractivity contribution in [3.05, 3.63) is 136 Å². The van der Waals surface area contributed by atoms with Crippen LogP contribution < -0.4 is 14.9 Å². The fourth-order valence-electron chi connectivity index (χ4n) is 4.64. The molecule has 0 bridgehead atoms. The number of aromatic nitrogens is 1. The number of carbonyl (C=O) groups is 1. The zero-order valence-electron chi connectivity index (χ0n) is 21.6. The van der Waals surface area contributed by atoms with Crippen LogP contribution in [0.3, 0.4) is 0 Å². The lowest BCUT2D eigenvalue weighted by atomic mass is 9.97. The Balaban J connectivity index is 1.51. The Morgan fingerprint density at radius 3 is 2.63 bits per heavy atom. The van der Waals surface area contributed by atoms with Crippen LogP contribution in [0.4, 0.5) is 5.69 Å². The van der Waals surface area contributed by atoms with Crippen LogP contribution in [0.25, 0.3) is 23.1 Å². The monoisotopic (exact) mass is 583 g/mol. The SMILES string of the molecule is CCOC(=O)C1=C(c2ccccc2)N=c2s/c(=C\c3ccc(-c4cccc([N+](=O)[O-])c4)o3)c(=O)n2[C@@H]1c1cccs1. The number of esters is 1. The Hall–Kier alpha value is -4.87. The number of carbonyl (C=O) groups excluding carboxylic acids is 1. The molecule has 4 heterocycles. The molecular formula is C30H21N3O6S2. The molecule has 5 aromatic rings. The molecule has 0 saturated heterocycles. The van der Waals surface area contributed by atoms with Crippen molar-refractivity contribution in [1.29, 1.82) is 0 Å². The van der Waals surface area contributed by atoms with E-state index >= 15 is 0 Å². The third kappa shape index (κ3) is 4.96. The molecule has 41 heavy (non-hydrogen) atoms. The van der Waals surface area contributed by atoms with Crippen LogP contribution in [-0.4, -0.2) is 22.1 Å². The molecule has 3 aromatic heterocycles. The Labute approximate surface area is 240 Å². The van der Waals surface area contributed by atoms with E-state index in [0.717, 1.165) is 10.4 Å². The highest BCUT2D eigenvalue weighted by atomic mass is 32.1. The van der Waals surface area contributed by atoms with Crippen LogP contribution in [0.1, 0.15) is 29.2 Å². The van der Waals surface area contributed by atoms with Gasteiger partial charge < -0.3 is 9.15 Å². The summed E-state index contributed by atoms with van der Waals surface area (Å²) in [5.74, 6) is 0.299. The van der Waals surface area contributed by atoms with Gasteiger partial charge in [-0.1, -0.05) is 59.9 Å². The van der Waals surface area contributed by atoms with Gasteiger partial charge in [0.1, 0.15) is 17.6 Å². The smallest absolute Gasteiger partial charge is 0.338 e. The molecule has 11 heteroatoms. The lowest BCUT2D eigenvalue weighted by molar-refractivity contribution is -0.384. The first kappa shape index (κ1) is 26.4. The topological polar surface area (TPSA) is 117 Å². The molecule has 1 atom stereocenters. The summed E-state index contributed by atoms with van der Waals surface area (Å²) in [5.41, 5.74) is 1.67. The lowest BCUT2D eigenvalue weighted by Gasteiger charge is -2.24. The van der Waals surface area contributed by atoms with E-state index in [1.165, 1.54) is 39.4 Å². The molecule has 0 amide bonds. The number of hydrogen-bond acceptors (Lipinski definition) is 9. The first-order valence-electron chi connectivity index (χ1n) is 12.6. The molecule has 6 rings (SSSR count). The van der Waals surface area contributed by atoms with E-state index in [2.05, 4.69) is 0 Å². The number of thiophene rings is 1. The number of ether oxygens (including phenoxy) is 1. The first-order chi connectivity index (χ1) is 19.9. The number of benzene rings is 2. The quantitative estimate of drug-likeness (QED) is 0.148. The van der Waals surface area contributed by atoms with Gasteiger partial charge >= 0.3 is 5.97 Å². The van der Waals surface area contributed by atoms with Crippen molar-refractivity contribution in [1.82, 2.24) is 4.57 Å². The summed E-state index contributed by atoms with van der Waals surface area (Å²) in [5, 5.41) is 13.1. The summed E-state index contributed by atoms with van der Waals surface area (Å²) >= 11 is 2.63. The van der Waals surface area contributed by atoms with E-state index in [1.54, 1.807) is 37.3 Å². The number of non-ortho nitro benzene ring substituents is 1. The second-order valence-electron chi connectivity index (χ2n) is 8.96. The molecule has 1 aliphatic rings. The summed E-state index contributed by atoms with van der Waals surface area (Å²) in [6.45, 7) is 1.92. The standard InChI is InChI=1S/C30H21N3O6S2/c1-2-38-29(35)25-26(18-8-4-3-5-9-18)31-30-32(27(25)23-12-7-15-40-23)28(34)24(41-30)17-21-13-14-22(39-21)19-10-6-11-20(16-19)33(36)37/h3-17,27H,2H2,1H3/b24-17-/t27-/m1/s1. The molecule has 0 N–H and O–H groups in total. The van der Waals surface area contributed by atoms with E-state index in [1.807, 2.05) is 47.8 Å². The fourth-order valence-corrected chi connectivity index (χ4v) is 6.45. The Morgan fingerprint density at radius 1 is 1.10 bits per heavy atom. The van der Waals surface area contributed by atoms with Gasteiger partial charge in [0.15, 0.2) is 4.80 Å². The molecule has 0 saturated carbocycles. The molecule has 1 aliphatic heterocycles. The second kappa shape index (κ2) is 11.0. The van der Waals surface area contributed by atoms with Crippen LogP contribution in [0.5, 0.6) is 0 Å². The predicted molar refractivity (Wildman–Crippen MR) is 156 cm³/mol. The van der Waals surface area contributed by atoms with Crippen LogP contribution in [0.15, 0.2) is 104 Å². The van der Waals surface area contributed by atoms with Crippen molar-refractivity contribution < 1.29 is 18.9 Å². The molecule has 0 radical (unpaired) electrons. The van der Waals surface area contributed by atoms with Crippen molar-refractivity contribution in [2.24, 2.45) is 4.99 Å². The molecular weight excluding hydrogens is 562 g/mol. The van der Waals surface area contributed by atoms with Crippen molar-refractivity contribution in [2.75, 3.05) is 6.61 Å². The summed E-state index contributed by atoms with van der Waals surface area (Å²) in [7, 11) is 0. The van der Waals surface area contributed by atoms with Gasteiger partial charge in [-0.2, -0.15) is 0 Å². The summed E-state index contributed by atoms with van der Waals surface area (Å²) < 4.78 is 13.3. The van der Waals surface area contributed by atoms with Crippen molar-refractivity contribution in [3.8, 4) is 11.3 Å². The summed E-state index contributed by atoms with van der Waals surface area (Å²) in [6.07, 6.45) is 1.62. The number of nitrogens with zero attached hydrogens (tertiary/aromatic N) is 3. The number of fused-ring (bicyclic) bond motifs is 1. The molecule has 0 fully saturated rings. The van der Waals surface area contributed by atoms with Gasteiger partial charge in [-0.3, -0.25) is 19.5 Å². The minimum atomic E-state index is -0.723. The maximum absolute atomic E-state index is 13.9. The van der Waals surface area contributed by atoms with Gasteiger partial charge in [-0.05, 0) is 30.5 Å². The van der Waals surface area contributed by atoms with Crippen molar-refractivity contribution >= 4 is 46.1 Å². The number of nitro benzene ring substituents is 1. The Morgan fingerprint density at radius 2 is 1.90 bits per heavy atom. The van der Waals surface area contributed by atoms with Gasteiger partial charge in [0.05, 0.1) is 27.3 Å². The number of furan rings is 1. The van der Waals surface area contributed by atoms with Crippen LogP contribution >= 0.6 is 22.7 Å². The van der Waals surface area contributed by atoms with Crippen LogP contribution in [0, 0.1) is 10.1 Å². The Bertz CT molecular complexity index is 1980. The third-order valence-electron chi connectivity index (χ3n) is 6.43. The van der Waals surface area contributed by atoms with Crippen molar-refractivity contribution in [2.45, 2.75) is 13.0 Å². The number of thiazole rings is 1.